The van der Waals surface area contributed by atoms with E-state index in [1.54, 1.807) is 12.1 Å². The van der Waals surface area contributed by atoms with E-state index in [4.69, 9.17) is 11.5 Å². The first kappa shape index (κ1) is 7.05. The fraction of sp³-hybridized carbons (Fsp3) is 0.143. The lowest BCUT2D eigenvalue weighted by molar-refractivity contribution is 0.883. The van der Waals surface area contributed by atoms with E-state index in [2.05, 4.69) is 10.2 Å². The first-order valence-corrected chi connectivity index (χ1v) is 3.60. The molecule has 2 aromatic rings. The molecule has 2 heterocycles. The maximum atomic E-state index is 5.56. The van der Waals surface area contributed by atoms with Gasteiger partial charge < -0.3 is 11.5 Å². The average Bonchev–Trinajstić information content (AvgIpc) is 2.46. The lowest BCUT2D eigenvalue weighted by atomic mass is 10.4. The van der Waals surface area contributed by atoms with E-state index < -0.39 is 0 Å². The molecule has 0 atom stereocenters. The van der Waals surface area contributed by atoms with E-state index in [1.165, 1.54) is 0 Å². The predicted molar refractivity (Wildman–Crippen MR) is 45.3 cm³/mol. The zero-order chi connectivity index (χ0) is 8.55. The number of fused-ring (bicyclic) bond motifs is 1. The number of hydrogen-bond donors (Lipinski definition) is 2. The molecule has 0 aliphatic heterocycles. The van der Waals surface area contributed by atoms with Gasteiger partial charge in [-0.2, -0.15) is 0 Å². The summed E-state index contributed by atoms with van der Waals surface area (Å²) in [4.78, 5) is 0. The van der Waals surface area contributed by atoms with Gasteiger partial charge in [-0.1, -0.05) is 0 Å². The predicted octanol–water partition coefficient (Wildman–Crippen LogP) is -0.230. The summed E-state index contributed by atoms with van der Waals surface area (Å²) in [5.41, 5.74) is 12.4. The van der Waals surface area contributed by atoms with Crippen LogP contribution >= 0.6 is 0 Å². The molecule has 0 fully saturated rings. The Morgan fingerprint density at radius 1 is 1.42 bits per heavy atom. The van der Waals surface area contributed by atoms with Crippen molar-refractivity contribution in [2.75, 3.05) is 5.73 Å². The number of aromatic nitrogens is 3. The summed E-state index contributed by atoms with van der Waals surface area (Å²) >= 11 is 0. The fourth-order valence-corrected chi connectivity index (χ4v) is 1.10. The summed E-state index contributed by atoms with van der Waals surface area (Å²) < 4.78 is 1.82. The van der Waals surface area contributed by atoms with E-state index in [0.29, 0.717) is 12.2 Å². The van der Waals surface area contributed by atoms with Crippen LogP contribution in [0.1, 0.15) is 5.82 Å². The van der Waals surface area contributed by atoms with E-state index in [0.717, 1.165) is 11.5 Å². The molecule has 0 amide bonds. The Morgan fingerprint density at radius 3 is 3.00 bits per heavy atom. The van der Waals surface area contributed by atoms with Crippen LogP contribution in [0.25, 0.3) is 5.65 Å². The summed E-state index contributed by atoms with van der Waals surface area (Å²) in [5.74, 6) is 0.741. The lowest BCUT2D eigenvalue weighted by Gasteiger charge is -1.96. The molecule has 0 saturated heterocycles. The van der Waals surface area contributed by atoms with Crippen LogP contribution in [0, 0.1) is 0 Å². The first-order valence-electron chi connectivity index (χ1n) is 3.60. The Labute approximate surface area is 69.0 Å². The lowest BCUT2D eigenvalue weighted by Crippen LogP contribution is -2.02. The van der Waals surface area contributed by atoms with E-state index in [-0.39, 0.29) is 0 Å². The van der Waals surface area contributed by atoms with Crippen molar-refractivity contribution in [3.63, 3.8) is 0 Å². The maximum Gasteiger partial charge on any atom is 0.162 e. The first-order chi connectivity index (χ1) is 5.81. The van der Waals surface area contributed by atoms with Gasteiger partial charge in [-0.25, -0.2) is 0 Å². The van der Waals surface area contributed by atoms with Crippen LogP contribution in [-0.2, 0) is 6.54 Å². The Bertz CT molecular complexity index is 405. The molecule has 0 aromatic carbocycles. The molecule has 5 heteroatoms. The van der Waals surface area contributed by atoms with Gasteiger partial charge in [0.05, 0.1) is 6.54 Å². The van der Waals surface area contributed by atoms with Gasteiger partial charge in [0.15, 0.2) is 11.5 Å². The number of pyridine rings is 1. The van der Waals surface area contributed by atoms with Crippen LogP contribution < -0.4 is 11.5 Å². The van der Waals surface area contributed by atoms with Gasteiger partial charge in [0.2, 0.25) is 0 Å². The van der Waals surface area contributed by atoms with Gasteiger partial charge in [-0.05, 0) is 6.07 Å². The Kier molecular flexibility index (Phi) is 1.44. The highest BCUT2D eigenvalue weighted by Gasteiger charge is 2.01. The van der Waals surface area contributed by atoms with Crippen LogP contribution in [0.2, 0.25) is 0 Å². The van der Waals surface area contributed by atoms with Crippen molar-refractivity contribution in [3.8, 4) is 0 Å². The molecule has 0 unspecified atom stereocenters. The molecular formula is C7H9N5. The largest absolute Gasteiger partial charge is 0.399 e. The molecule has 0 aliphatic carbocycles. The monoisotopic (exact) mass is 163 g/mol. The van der Waals surface area contributed by atoms with Gasteiger partial charge in [-0.15, -0.1) is 10.2 Å². The normalized spacial score (nSPS) is 10.8. The molecule has 62 valence electrons. The van der Waals surface area contributed by atoms with Crippen molar-refractivity contribution in [2.24, 2.45) is 5.73 Å². The van der Waals surface area contributed by atoms with Crippen molar-refractivity contribution in [1.29, 1.82) is 0 Å². The molecular weight excluding hydrogens is 154 g/mol. The number of nitrogens with zero attached hydrogens (tertiary/aromatic N) is 3. The van der Waals surface area contributed by atoms with E-state index in [1.807, 2.05) is 10.6 Å². The van der Waals surface area contributed by atoms with Crippen LogP contribution in [0.5, 0.6) is 0 Å². The zero-order valence-electron chi connectivity index (χ0n) is 6.44. The van der Waals surface area contributed by atoms with Crippen LogP contribution in [0.3, 0.4) is 0 Å². The topological polar surface area (TPSA) is 82.2 Å². The molecule has 0 bridgehead atoms. The number of hydrogen-bond acceptors (Lipinski definition) is 4. The second kappa shape index (κ2) is 2.46. The summed E-state index contributed by atoms with van der Waals surface area (Å²) in [6.07, 6.45) is 1.81. The quantitative estimate of drug-likeness (QED) is 0.608. The van der Waals surface area contributed by atoms with E-state index >= 15 is 0 Å². The van der Waals surface area contributed by atoms with Crippen molar-refractivity contribution in [3.05, 3.63) is 24.2 Å². The van der Waals surface area contributed by atoms with Gasteiger partial charge in [-0.3, -0.25) is 4.40 Å². The molecule has 2 rings (SSSR count). The molecule has 12 heavy (non-hydrogen) atoms. The zero-order valence-corrected chi connectivity index (χ0v) is 6.44. The summed E-state index contributed by atoms with van der Waals surface area (Å²) in [6.45, 7) is 0.380. The molecule has 5 nitrogen and oxygen atoms in total. The Hall–Kier alpha value is -1.62. The molecule has 0 aliphatic rings. The summed E-state index contributed by atoms with van der Waals surface area (Å²) in [7, 11) is 0. The number of nitrogen functional groups attached to an aromatic ring is 1. The summed E-state index contributed by atoms with van der Waals surface area (Å²) in [5, 5.41) is 7.79. The SMILES string of the molecule is NCc1nnc2cc(N)ccn12. The second-order valence-electron chi connectivity index (χ2n) is 2.51. The smallest absolute Gasteiger partial charge is 0.162 e. The maximum absolute atomic E-state index is 5.56. The highest BCUT2D eigenvalue weighted by Crippen LogP contribution is 2.07. The van der Waals surface area contributed by atoms with Gasteiger partial charge in [0, 0.05) is 18.0 Å². The molecule has 0 spiro atoms. The van der Waals surface area contributed by atoms with Crippen molar-refractivity contribution >= 4 is 11.3 Å². The standard InChI is InChI=1S/C7H9N5/c8-4-7-11-10-6-3-5(9)1-2-12(6)7/h1-3H,4,8-9H2. The second-order valence-corrected chi connectivity index (χ2v) is 2.51. The highest BCUT2D eigenvalue weighted by molar-refractivity contribution is 5.51. The highest BCUT2D eigenvalue weighted by atomic mass is 15.2. The Balaban J connectivity index is 2.73. The number of nitrogens with two attached hydrogens (primary N) is 2. The third-order valence-electron chi connectivity index (χ3n) is 1.69. The number of rotatable bonds is 1. The van der Waals surface area contributed by atoms with Crippen LogP contribution in [0.4, 0.5) is 5.69 Å². The molecule has 0 saturated carbocycles. The van der Waals surface area contributed by atoms with Crippen LogP contribution in [-0.4, -0.2) is 14.6 Å². The van der Waals surface area contributed by atoms with Crippen molar-refractivity contribution < 1.29 is 0 Å². The minimum atomic E-state index is 0.380. The molecule has 2 aromatic heterocycles. The van der Waals surface area contributed by atoms with E-state index in [9.17, 15) is 0 Å². The minimum Gasteiger partial charge on any atom is -0.399 e. The number of anilines is 1. The van der Waals surface area contributed by atoms with Gasteiger partial charge in [0.25, 0.3) is 0 Å². The third kappa shape index (κ3) is 0.911. The summed E-state index contributed by atoms with van der Waals surface area (Å²) in [6, 6.07) is 3.54. The van der Waals surface area contributed by atoms with Gasteiger partial charge >= 0.3 is 0 Å². The molecule has 0 radical (unpaired) electrons. The molecule has 4 N–H and O–H groups in total. The van der Waals surface area contributed by atoms with Gasteiger partial charge in [0.1, 0.15) is 0 Å². The fourth-order valence-electron chi connectivity index (χ4n) is 1.10. The Morgan fingerprint density at radius 2 is 2.25 bits per heavy atom. The minimum absolute atomic E-state index is 0.380. The van der Waals surface area contributed by atoms with Crippen molar-refractivity contribution in [2.45, 2.75) is 6.54 Å². The average molecular weight is 163 g/mol. The van der Waals surface area contributed by atoms with Crippen LogP contribution in [0.15, 0.2) is 18.3 Å². The van der Waals surface area contributed by atoms with Crippen molar-refractivity contribution in [1.82, 2.24) is 14.6 Å². The third-order valence-corrected chi connectivity index (χ3v) is 1.69.